The number of benzene rings is 12. The van der Waals surface area contributed by atoms with Gasteiger partial charge in [-0.05, 0) is 130 Å². The summed E-state index contributed by atoms with van der Waals surface area (Å²) in [5.41, 5.74) is 26.6. The van der Waals surface area contributed by atoms with Crippen LogP contribution in [0.1, 0.15) is 43.6 Å². The topological polar surface area (TPSA) is 16.3 Å². The molecule has 0 amide bonds. The molecular weight excluding hydrogens is 1000 g/mol. The Morgan fingerprint density at radius 2 is 0.807 bits per heavy atom. The van der Waals surface area contributed by atoms with Crippen LogP contribution in [0.25, 0.3) is 88.4 Å². The Kier molecular flexibility index (Phi) is 11.1. The van der Waals surface area contributed by atoms with Crippen LogP contribution >= 0.6 is 0 Å². The molecule has 2 aliphatic heterocycles. The molecule has 0 N–H and O–H groups in total. The Labute approximate surface area is 484 Å². The molecule has 5 heteroatoms. The summed E-state index contributed by atoms with van der Waals surface area (Å²) in [6.45, 7) is -0.0998. The van der Waals surface area contributed by atoms with Gasteiger partial charge in [0.05, 0.1) is 33.4 Å². The number of fused-ring (bicyclic) bond motifs is 10. The van der Waals surface area contributed by atoms with Gasteiger partial charge in [-0.25, -0.2) is 0 Å². The molecule has 4 nitrogen and oxygen atoms in total. The van der Waals surface area contributed by atoms with Gasteiger partial charge in [-0.1, -0.05) is 226 Å². The molecule has 17 rings (SSSR count). The van der Waals surface area contributed by atoms with Crippen molar-refractivity contribution in [1.29, 1.82) is 0 Å². The molecule has 0 spiro atoms. The number of hydrogen-bond donors (Lipinski definition) is 0. The first-order valence-corrected chi connectivity index (χ1v) is 29.6. The summed E-state index contributed by atoms with van der Waals surface area (Å²) in [6, 6.07) is 105. The van der Waals surface area contributed by atoms with Gasteiger partial charge in [0.2, 0.25) is 0 Å². The summed E-state index contributed by atoms with van der Waals surface area (Å²) in [5, 5.41) is 5.06. The Morgan fingerprint density at radius 3 is 1.48 bits per heavy atom. The van der Waals surface area contributed by atoms with E-state index in [2.05, 4.69) is 298 Å². The number of aromatic nitrogens is 2. The molecule has 1 saturated carbocycles. The standard InChI is InChI=1S/C78H57BN4/c1-5-23-52(24-6-1)55-43-46-64-62-33-15-19-39-70(62)80(74(64)49-55)58-45-48-67-76(51-58)83(69-38-18-14-32-60(69)54-27-9-3-10-28-54)73-42-22-41-72-77(73)79(67)66-47-44-56(50-75(66)82(72)68-37-17-13-31-59(68)53-25-7-2-8-26-53)61-35-21-36-65-63-34-16-20-40-71(63)81(78(61)65)57-29-11-4-12-30-57/h2-4,7-22,25-52H,1,5-6,23-24H2. The van der Waals surface area contributed by atoms with Crippen LogP contribution in [0.15, 0.2) is 279 Å². The van der Waals surface area contributed by atoms with Crippen LogP contribution in [-0.4, -0.2) is 15.8 Å². The molecule has 2 aromatic heterocycles. The van der Waals surface area contributed by atoms with Gasteiger partial charge in [0, 0.05) is 72.4 Å². The molecule has 0 atom stereocenters. The monoisotopic (exact) mass is 1060 g/mol. The molecule has 1 aliphatic carbocycles. The zero-order chi connectivity index (χ0) is 54.5. The van der Waals surface area contributed by atoms with Crippen molar-refractivity contribution in [3.05, 3.63) is 285 Å². The Hall–Kier alpha value is -10.1. The van der Waals surface area contributed by atoms with E-state index in [4.69, 9.17) is 0 Å². The molecule has 12 aromatic carbocycles. The largest absolute Gasteiger partial charge is 0.311 e. The quantitative estimate of drug-likeness (QED) is 0.141. The molecule has 0 radical (unpaired) electrons. The molecule has 1 fully saturated rings. The van der Waals surface area contributed by atoms with Crippen LogP contribution in [0.5, 0.6) is 0 Å². The fourth-order valence-electron chi connectivity index (χ4n) is 14.9. The van der Waals surface area contributed by atoms with Crippen LogP contribution in [0.2, 0.25) is 0 Å². The van der Waals surface area contributed by atoms with E-state index in [9.17, 15) is 0 Å². The molecule has 0 unspecified atom stereocenters. The number of rotatable bonds is 8. The van der Waals surface area contributed by atoms with Crippen molar-refractivity contribution in [2.75, 3.05) is 9.80 Å². The molecule has 392 valence electrons. The summed E-state index contributed by atoms with van der Waals surface area (Å²) in [6.07, 6.45) is 6.47. The SMILES string of the molecule is c1ccc(-c2ccccc2N2c3cc(-c4cccc5c6ccccc6n(-c6ccccc6)c45)ccc3B3c4ccc(-n5c6ccccc6c6ccc(C7CCCCC7)cc65)cc4N(c4ccccc4-c4ccccc4)c4cccc2c43)cc1. The van der Waals surface area contributed by atoms with E-state index in [1.54, 1.807) is 0 Å². The average Bonchev–Trinajstić information content (AvgIpc) is 2.68. The smallest absolute Gasteiger partial charge is 0.252 e. The highest BCUT2D eigenvalue weighted by molar-refractivity contribution is 7.00. The first-order chi connectivity index (χ1) is 41.2. The third-order valence-corrected chi connectivity index (χ3v) is 18.5. The molecule has 4 heterocycles. The van der Waals surface area contributed by atoms with E-state index >= 15 is 0 Å². The van der Waals surface area contributed by atoms with Crippen LogP contribution in [0, 0.1) is 0 Å². The highest BCUT2D eigenvalue weighted by Crippen LogP contribution is 2.50. The van der Waals surface area contributed by atoms with Crippen molar-refractivity contribution in [2.24, 2.45) is 0 Å². The second-order valence-electron chi connectivity index (χ2n) is 23.0. The maximum Gasteiger partial charge on any atom is 0.252 e. The van der Waals surface area contributed by atoms with Crippen LogP contribution < -0.4 is 26.2 Å². The molecular formula is C78H57BN4. The number of nitrogens with zero attached hydrogens (tertiary/aromatic N) is 4. The van der Waals surface area contributed by atoms with E-state index in [0.717, 1.165) is 22.7 Å². The molecule has 0 saturated heterocycles. The van der Waals surface area contributed by atoms with E-state index in [-0.39, 0.29) is 6.71 Å². The van der Waals surface area contributed by atoms with Crippen molar-refractivity contribution in [2.45, 2.75) is 38.0 Å². The zero-order valence-electron chi connectivity index (χ0n) is 46.0. The second kappa shape index (κ2) is 19.3. The van der Waals surface area contributed by atoms with Gasteiger partial charge in [0.1, 0.15) is 0 Å². The third kappa shape index (κ3) is 7.47. The fourth-order valence-corrected chi connectivity index (χ4v) is 14.9. The van der Waals surface area contributed by atoms with E-state index in [1.165, 1.54) is 154 Å². The van der Waals surface area contributed by atoms with Crippen molar-refractivity contribution in [1.82, 2.24) is 9.13 Å². The highest BCUT2D eigenvalue weighted by Gasteiger charge is 2.44. The van der Waals surface area contributed by atoms with Gasteiger partial charge in [-0.2, -0.15) is 0 Å². The zero-order valence-corrected chi connectivity index (χ0v) is 46.0. The molecule has 83 heavy (non-hydrogen) atoms. The van der Waals surface area contributed by atoms with Gasteiger partial charge >= 0.3 is 0 Å². The van der Waals surface area contributed by atoms with Crippen LogP contribution in [0.3, 0.4) is 0 Å². The van der Waals surface area contributed by atoms with Gasteiger partial charge in [-0.3, -0.25) is 0 Å². The second-order valence-corrected chi connectivity index (χ2v) is 23.0. The highest BCUT2D eigenvalue weighted by atomic mass is 15.2. The first kappa shape index (κ1) is 47.7. The van der Waals surface area contributed by atoms with E-state index < -0.39 is 0 Å². The lowest BCUT2D eigenvalue weighted by molar-refractivity contribution is 0.444. The van der Waals surface area contributed by atoms with Crippen molar-refractivity contribution >= 4 is 101 Å². The third-order valence-electron chi connectivity index (χ3n) is 18.5. The molecule has 3 aliphatic rings. The van der Waals surface area contributed by atoms with E-state index in [0.29, 0.717) is 5.92 Å². The summed E-state index contributed by atoms with van der Waals surface area (Å²) in [4.78, 5) is 5.19. The van der Waals surface area contributed by atoms with Crippen molar-refractivity contribution < 1.29 is 0 Å². The first-order valence-electron chi connectivity index (χ1n) is 29.6. The Bertz CT molecular complexity index is 4860. The minimum atomic E-state index is -0.0998. The Balaban J connectivity index is 0.946. The molecule has 14 aromatic rings. The van der Waals surface area contributed by atoms with Gasteiger partial charge in [0.15, 0.2) is 0 Å². The van der Waals surface area contributed by atoms with Crippen LogP contribution in [-0.2, 0) is 0 Å². The van der Waals surface area contributed by atoms with Crippen molar-refractivity contribution in [3.8, 4) is 44.8 Å². The normalized spacial score (nSPS) is 13.9. The number of anilines is 6. The fraction of sp³-hybridized carbons (Fsp3) is 0.0769. The average molecular weight is 1060 g/mol. The minimum Gasteiger partial charge on any atom is -0.311 e. The minimum absolute atomic E-state index is 0.0998. The summed E-state index contributed by atoms with van der Waals surface area (Å²) in [5.74, 6) is 0.590. The maximum atomic E-state index is 2.60. The lowest BCUT2D eigenvalue weighted by atomic mass is 9.33. The predicted octanol–water partition coefficient (Wildman–Crippen LogP) is 19.0. The molecule has 0 bridgehead atoms. The van der Waals surface area contributed by atoms with E-state index in [1.807, 2.05) is 0 Å². The number of hydrogen-bond acceptors (Lipinski definition) is 2. The summed E-state index contributed by atoms with van der Waals surface area (Å²) < 4.78 is 5.03. The summed E-state index contributed by atoms with van der Waals surface area (Å²) in [7, 11) is 0. The lowest BCUT2D eigenvalue weighted by Crippen LogP contribution is -2.61. The summed E-state index contributed by atoms with van der Waals surface area (Å²) >= 11 is 0. The predicted molar refractivity (Wildman–Crippen MR) is 351 cm³/mol. The maximum absolute atomic E-state index is 2.60. The van der Waals surface area contributed by atoms with Gasteiger partial charge in [0.25, 0.3) is 6.71 Å². The van der Waals surface area contributed by atoms with Gasteiger partial charge in [-0.15, -0.1) is 0 Å². The Morgan fingerprint density at radius 1 is 0.301 bits per heavy atom. The van der Waals surface area contributed by atoms with Crippen molar-refractivity contribution in [3.63, 3.8) is 0 Å². The number of para-hydroxylation sites is 6. The lowest BCUT2D eigenvalue weighted by Gasteiger charge is -2.45. The van der Waals surface area contributed by atoms with Gasteiger partial charge < -0.3 is 18.9 Å². The van der Waals surface area contributed by atoms with Crippen LogP contribution in [0.4, 0.5) is 34.1 Å².